The van der Waals surface area contributed by atoms with Crippen molar-refractivity contribution in [1.29, 1.82) is 0 Å². The summed E-state index contributed by atoms with van der Waals surface area (Å²) < 4.78 is 33.1. The van der Waals surface area contributed by atoms with Gasteiger partial charge in [0.2, 0.25) is 10.0 Å². The maximum atomic E-state index is 13.0. The lowest BCUT2D eigenvalue weighted by Gasteiger charge is -2.26. The zero-order chi connectivity index (χ0) is 20.6. The molecule has 5 nitrogen and oxygen atoms in total. The fourth-order valence-electron chi connectivity index (χ4n) is 3.58. The van der Waals surface area contributed by atoms with Gasteiger partial charge in [0.25, 0.3) is 0 Å². The second-order valence-electron chi connectivity index (χ2n) is 7.37. The first kappa shape index (κ1) is 20.0. The molecule has 152 valence electrons. The van der Waals surface area contributed by atoms with Crippen molar-refractivity contribution in [3.63, 3.8) is 0 Å². The maximum Gasteiger partial charge on any atom is 0.243 e. The molecule has 0 radical (unpaired) electrons. The maximum absolute atomic E-state index is 13.0. The quantitative estimate of drug-likeness (QED) is 0.613. The van der Waals surface area contributed by atoms with Gasteiger partial charge >= 0.3 is 0 Å². The van der Waals surface area contributed by atoms with Crippen LogP contribution >= 0.6 is 11.6 Å². The second kappa shape index (κ2) is 7.86. The standard InChI is InChI=1S/C22H23ClN2O3S/c1-15(2)28-18-4-6-19(7-5-18)29(26,27)25-11-9-16(10-12-25)21-14-24-22-8-3-17(23)13-20(21)22/h3-9,13-15,24H,10-12H2,1-2H3. The number of benzene rings is 2. The lowest BCUT2D eigenvalue weighted by Crippen LogP contribution is -2.34. The minimum atomic E-state index is -3.54. The van der Waals surface area contributed by atoms with Gasteiger partial charge in [0.05, 0.1) is 11.0 Å². The fourth-order valence-corrected chi connectivity index (χ4v) is 5.14. The normalized spacial score (nSPS) is 15.7. The van der Waals surface area contributed by atoms with Crippen LogP contribution in [0, 0.1) is 0 Å². The first-order chi connectivity index (χ1) is 13.8. The summed E-state index contributed by atoms with van der Waals surface area (Å²) in [5, 5.41) is 1.74. The molecule has 0 fully saturated rings. The van der Waals surface area contributed by atoms with Crippen molar-refractivity contribution >= 4 is 38.1 Å². The van der Waals surface area contributed by atoms with Gasteiger partial charge in [-0.05, 0) is 68.3 Å². The predicted molar refractivity (Wildman–Crippen MR) is 117 cm³/mol. The van der Waals surface area contributed by atoms with Gasteiger partial charge in [-0.15, -0.1) is 0 Å². The average Bonchev–Trinajstić information content (AvgIpc) is 3.11. The van der Waals surface area contributed by atoms with Gasteiger partial charge in [-0.1, -0.05) is 17.7 Å². The molecule has 1 aliphatic heterocycles. The van der Waals surface area contributed by atoms with E-state index in [1.54, 1.807) is 24.3 Å². The van der Waals surface area contributed by atoms with Crippen molar-refractivity contribution in [3.8, 4) is 5.75 Å². The second-order valence-corrected chi connectivity index (χ2v) is 9.75. The minimum Gasteiger partial charge on any atom is -0.491 e. The van der Waals surface area contributed by atoms with Crippen LogP contribution in [0.15, 0.2) is 59.6 Å². The molecule has 29 heavy (non-hydrogen) atoms. The van der Waals surface area contributed by atoms with Crippen LogP contribution in [0.5, 0.6) is 5.75 Å². The van der Waals surface area contributed by atoms with Gasteiger partial charge in [0.1, 0.15) is 5.75 Å². The summed E-state index contributed by atoms with van der Waals surface area (Å²) in [5.74, 6) is 0.665. The molecule has 0 saturated carbocycles. The van der Waals surface area contributed by atoms with Crippen LogP contribution < -0.4 is 4.74 Å². The number of H-pyrrole nitrogens is 1. The lowest BCUT2D eigenvalue weighted by molar-refractivity contribution is 0.242. The van der Waals surface area contributed by atoms with Crippen molar-refractivity contribution in [2.45, 2.75) is 31.3 Å². The van der Waals surface area contributed by atoms with E-state index in [4.69, 9.17) is 16.3 Å². The van der Waals surface area contributed by atoms with Crippen LogP contribution in [-0.2, 0) is 10.0 Å². The average molecular weight is 431 g/mol. The van der Waals surface area contributed by atoms with Gasteiger partial charge in [-0.2, -0.15) is 4.31 Å². The Morgan fingerprint density at radius 2 is 1.90 bits per heavy atom. The predicted octanol–water partition coefficient (Wildman–Crippen LogP) is 5.09. The van der Waals surface area contributed by atoms with Gasteiger partial charge in [-0.3, -0.25) is 0 Å². The Morgan fingerprint density at radius 3 is 2.55 bits per heavy atom. The number of ether oxygens (including phenoxy) is 1. The molecule has 7 heteroatoms. The summed E-state index contributed by atoms with van der Waals surface area (Å²) in [6, 6.07) is 12.4. The zero-order valence-corrected chi connectivity index (χ0v) is 17.9. The molecule has 0 amide bonds. The Hall–Kier alpha value is -2.28. The van der Waals surface area contributed by atoms with E-state index in [1.165, 1.54) is 4.31 Å². The third kappa shape index (κ3) is 4.06. The molecule has 0 atom stereocenters. The molecule has 0 spiro atoms. The first-order valence-electron chi connectivity index (χ1n) is 9.57. The smallest absolute Gasteiger partial charge is 0.243 e. The van der Waals surface area contributed by atoms with Crippen molar-refractivity contribution in [2.75, 3.05) is 13.1 Å². The molecule has 1 N–H and O–H groups in total. The number of aromatic nitrogens is 1. The van der Waals surface area contributed by atoms with E-state index in [0.717, 1.165) is 22.0 Å². The monoisotopic (exact) mass is 430 g/mol. The van der Waals surface area contributed by atoms with Gasteiger partial charge in [-0.25, -0.2) is 8.42 Å². The third-order valence-electron chi connectivity index (χ3n) is 4.99. The molecule has 0 unspecified atom stereocenters. The van der Waals surface area contributed by atoms with Crippen LogP contribution in [0.4, 0.5) is 0 Å². The van der Waals surface area contributed by atoms with E-state index in [9.17, 15) is 8.42 Å². The Labute approximate surface area is 176 Å². The van der Waals surface area contributed by atoms with Crippen molar-refractivity contribution in [1.82, 2.24) is 9.29 Å². The summed E-state index contributed by atoms with van der Waals surface area (Å²) in [7, 11) is -3.54. The molecule has 4 rings (SSSR count). The van der Waals surface area contributed by atoms with Crippen LogP contribution in [0.1, 0.15) is 25.8 Å². The number of halogens is 1. The van der Waals surface area contributed by atoms with E-state index >= 15 is 0 Å². The van der Waals surface area contributed by atoms with E-state index in [0.29, 0.717) is 30.3 Å². The third-order valence-corrected chi connectivity index (χ3v) is 7.11. The van der Waals surface area contributed by atoms with Gasteiger partial charge in [0.15, 0.2) is 0 Å². The molecule has 0 aliphatic carbocycles. The van der Waals surface area contributed by atoms with E-state index in [1.807, 2.05) is 44.3 Å². The molecular formula is C22H23ClN2O3S. The number of fused-ring (bicyclic) bond motifs is 1. The van der Waals surface area contributed by atoms with Gasteiger partial charge in [0, 0.05) is 40.8 Å². The molecule has 0 bridgehead atoms. The molecular weight excluding hydrogens is 408 g/mol. The first-order valence-corrected chi connectivity index (χ1v) is 11.4. The van der Waals surface area contributed by atoms with E-state index < -0.39 is 10.0 Å². The molecule has 1 aliphatic rings. The van der Waals surface area contributed by atoms with Crippen LogP contribution in [0.3, 0.4) is 0 Å². The number of sulfonamides is 1. The molecule has 0 saturated heterocycles. The van der Waals surface area contributed by atoms with Crippen LogP contribution in [0.2, 0.25) is 5.02 Å². The highest BCUT2D eigenvalue weighted by Crippen LogP contribution is 2.32. The highest BCUT2D eigenvalue weighted by Gasteiger charge is 2.27. The molecule has 3 aromatic rings. The molecule has 2 heterocycles. The van der Waals surface area contributed by atoms with Crippen molar-refractivity contribution < 1.29 is 13.2 Å². The number of nitrogens with zero attached hydrogens (tertiary/aromatic N) is 1. The highest BCUT2D eigenvalue weighted by molar-refractivity contribution is 7.89. The number of rotatable bonds is 5. The summed E-state index contributed by atoms with van der Waals surface area (Å²) in [6.07, 6.45) is 4.64. The number of aromatic amines is 1. The molecule has 2 aromatic carbocycles. The summed E-state index contributed by atoms with van der Waals surface area (Å²) >= 11 is 6.15. The number of hydrogen-bond acceptors (Lipinski definition) is 3. The summed E-state index contributed by atoms with van der Waals surface area (Å²) in [5.41, 5.74) is 3.23. The van der Waals surface area contributed by atoms with Crippen molar-refractivity contribution in [2.24, 2.45) is 0 Å². The Kier molecular flexibility index (Phi) is 5.42. The fraction of sp³-hybridized carbons (Fsp3) is 0.273. The van der Waals surface area contributed by atoms with E-state index in [2.05, 4.69) is 4.98 Å². The molecule has 1 aromatic heterocycles. The SMILES string of the molecule is CC(C)Oc1ccc(S(=O)(=O)N2CC=C(c3c[nH]c4ccc(Cl)cc34)CC2)cc1. The van der Waals surface area contributed by atoms with Crippen LogP contribution in [0.25, 0.3) is 16.5 Å². The van der Waals surface area contributed by atoms with Gasteiger partial charge < -0.3 is 9.72 Å². The summed E-state index contributed by atoms with van der Waals surface area (Å²) in [4.78, 5) is 3.54. The topological polar surface area (TPSA) is 62.4 Å². The zero-order valence-electron chi connectivity index (χ0n) is 16.4. The van der Waals surface area contributed by atoms with E-state index in [-0.39, 0.29) is 11.0 Å². The van der Waals surface area contributed by atoms with Crippen LogP contribution in [-0.4, -0.2) is 36.9 Å². The van der Waals surface area contributed by atoms with Crippen molar-refractivity contribution in [3.05, 3.63) is 65.3 Å². The number of nitrogens with one attached hydrogen (secondary N) is 1. The highest BCUT2D eigenvalue weighted by atomic mass is 35.5. The Balaban J connectivity index is 1.54. The largest absolute Gasteiger partial charge is 0.491 e. The Bertz CT molecular complexity index is 1160. The minimum absolute atomic E-state index is 0.0440. The lowest BCUT2D eigenvalue weighted by atomic mass is 10.00. The Morgan fingerprint density at radius 1 is 1.14 bits per heavy atom. The summed E-state index contributed by atoms with van der Waals surface area (Å²) in [6.45, 7) is 4.65. The number of hydrogen-bond donors (Lipinski definition) is 1.